The van der Waals surface area contributed by atoms with Gasteiger partial charge in [0.25, 0.3) is 0 Å². The molecule has 0 radical (unpaired) electrons. The Morgan fingerprint density at radius 1 is 1.35 bits per heavy atom. The number of nitrogens with two attached hydrogens (primary N) is 1. The Bertz CT molecular complexity index is 671. The zero-order valence-corrected chi connectivity index (χ0v) is 13.9. The number of aromatic nitrogens is 1. The third kappa shape index (κ3) is 4.92. The van der Waals surface area contributed by atoms with Crippen molar-refractivity contribution < 1.29 is 9.59 Å². The molecule has 1 aromatic heterocycles. The van der Waals surface area contributed by atoms with Crippen LogP contribution in [0.4, 0.5) is 4.79 Å². The second kappa shape index (κ2) is 8.47. The highest BCUT2D eigenvalue weighted by atomic mass is 32.2. The maximum atomic E-state index is 12.2. The summed E-state index contributed by atoms with van der Waals surface area (Å²) in [5.41, 5.74) is 7.37. The van der Waals surface area contributed by atoms with E-state index in [0.29, 0.717) is 13.0 Å². The van der Waals surface area contributed by atoms with Crippen LogP contribution in [-0.2, 0) is 11.2 Å². The van der Waals surface area contributed by atoms with Crippen LogP contribution in [0.5, 0.6) is 0 Å². The molecule has 124 valence electrons. The van der Waals surface area contributed by atoms with Gasteiger partial charge in [0.15, 0.2) is 0 Å². The SMILES string of the molecule is CSCCC(NC(N)=O)C(=O)NCCc1c[nH]c2ccccc12. The summed E-state index contributed by atoms with van der Waals surface area (Å²) in [6.07, 6.45) is 5.20. The van der Waals surface area contributed by atoms with E-state index in [2.05, 4.69) is 21.7 Å². The van der Waals surface area contributed by atoms with Crippen LogP contribution in [0.1, 0.15) is 12.0 Å². The van der Waals surface area contributed by atoms with E-state index in [9.17, 15) is 9.59 Å². The van der Waals surface area contributed by atoms with Gasteiger partial charge in [-0.3, -0.25) is 4.79 Å². The van der Waals surface area contributed by atoms with Gasteiger partial charge < -0.3 is 21.4 Å². The zero-order chi connectivity index (χ0) is 16.7. The number of nitrogens with one attached hydrogen (secondary N) is 3. The number of fused-ring (bicyclic) bond motifs is 1. The lowest BCUT2D eigenvalue weighted by atomic mass is 10.1. The van der Waals surface area contributed by atoms with Crippen LogP contribution in [0.3, 0.4) is 0 Å². The molecule has 0 fully saturated rings. The van der Waals surface area contributed by atoms with Crippen molar-refractivity contribution in [1.29, 1.82) is 0 Å². The number of benzene rings is 1. The van der Waals surface area contributed by atoms with E-state index in [4.69, 9.17) is 5.73 Å². The second-order valence-electron chi connectivity index (χ2n) is 5.24. The fourth-order valence-electron chi connectivity index (χ4n) is 2.46. The Hall–Kier alpha value is -2.15. The van der Waals surface area contributed by atoms with Crippen LogP contribution in [-0.4, -0.2) is 41.5 Å². The van der Waals surface area contributed by atoms with Gasteiger partial charge in [-0.15, -0.1) is 0 Å². The molecule has 3 amide bonds. The van der Waals surface area contributed by atoms with Crippen LogP contribution in [0.2, 0.25) is 0 Å². The Morgan fingerprint density at radius 2 is 2.13 bits per heavy atom. The molecular weight excluding hydrogens is 312 g/mol. The number of aromatic amines is 1. The van der Waals surface area contributed by atoms with Crippen LogP contribution in [0, 0.1) is 0 Å². The summed E-state index contributed by atoms with van der Waals surface area (Å²) in [7, 11) is 0. The normalized spacial score (nSPS) is 12.0. The summed E-state index contributed by atoms with van der Waals surface area (Å²) in [5.74, 6) is 0.582. The molecule has 1 heterocycles. The zero-order valence-electron chi connectivity index (χ0n) is 13.1. The van der Waals surface area contributed by atoms with Gasteiger partial charge in [0.1, 0.15) is 6.04 Å². The van der Waals surface area contributed by atoms with Crippen molar-refractivity contribution in [2.45, 2.75) is 18.9 Å². The summed E-state index contributed by atoms with van der Waals surface area (Å²) < 4.78 is 0. The number of urea groups is 1. The van der Waals surface area contributed by atoms with Crippen LogP contribution in [0.15, 0.2) is 30.5 Å². The molecular formula is C16H22N4O2S. The third-order valence-electron chi connectivity index (χ3n) is 3.61. The van der Waals surface area contributed by atoms with Gasteiger partial charge in [-0.05, 0) is 36.5 Å². The molecule has 7 heteroatoms. The Kier molecular flexibility index (Phi) is 6.34. The van der Waals surface area contributed by atoms with Crippen molar-refractivity contribution >= 4 is 34.6 Å². The number of hydrogen-bond donors (Lipinski definition) is 4. The first-order valence-electron chi connectivity index (χ1n) is 7.49. The fraction of sp³-hybridized carbons (Fsp3) is 0.375. The van der Waals surface area contributed by atoms with Gasteiger partial charge in [0.05, 0.1) is 0 Å². The van der Waals surface area contributed by atoms with Gasteiger partial charge in [-0.1, -0.05) is 18.2 Å². The largest absolute Gasteiger partial charge is 0.361 e. The first-order chi connectivity index (χ1) is 11.1. The molecule has 1 atom stereocenters. The molecule has 0 saturated carbocycles. The quantitative estimate of drug-likeness (QED) is 0.590. The minimum atomic E-state index is -0.678. The van der Waals surface area contributed by atoms with E-state index in [1.54, 1.807) is 11.8 Å². The van der Waals surface area contributed by atoms with Gasteiger partial charge >= 0.3 is 6.03 Å². The van der Waals surface area contributed by atoms with Crippen molar-refractivity contribution in [3.8, 4) is 0 Å². The number of carbonyl (C=O) groups excluding carboxylic acids is 2. The summed E-state index contributed by atoms with van der Waals surface area (Å²) in [6, 6.07) is 6.79. The van der Waals surface area contributed by atoms with Crippen molar-refractivity contribution in [3.05, 3.63) is 36.0 Å². The first-order valence-corrected chi connectivity index (χ1v) is 8.89. The molecule has 23 heavy (non-hydrogen) atoms. The highest BCUT2D eigenvalue weighted by molar-refractivity contribution is 7.98. The predicted molar refractivity (Wildman–Crippen MR) is 94.5 cm³/mol. The number of thioether (sulfide) groups is 1. The number of rotatable bonds is 8. The molecule has 0 saturated heterocycles. The second-order valence-corrected chi connectivity index (χ2v) is 6.23. The lowest BCUT2D eigenvalue weighted by molar-refractivity contribution is -0.122. The van der Waals surface area contributed by atoms with Crippen LogP contribution < -0.4 is 16.4 Å². The molecule has 0 aliphatic heterocycles. The summed E-state index contributed by atoms with van der Waals surface area (Å²) in [5, 5.41) is 6.53. The maximum absolute atomic E-state index is 12.2. The highest BCUT2D eigenvalue weighted by Gasteiger charge is 2.18. The number of hydrogen-bond acceptors (Lipinski definition) is 3. The third-order valence-corrected chi connectivity index (χ3v) is 4.26. The Morgan fingerprint density at radius 3 is 2.87 bits per heavy atom. The average molecular weight is 334 g/mol. The fourth-order valence-corrected chi connectivity index (χ4v) is 2.93. The van der Waals surface area contributed by atoms with E-state index in [0.717, 1.165) is 28.6 Å². The van der Waals surface area contributed by atoms with E-state index < -0.39 is 12.1 Å². The van der Waals surface area contributed by atoms with Crippen molar-refractivity contribution in [1.82, 2.24) is 15.6 Å². The van der Waals surface area contributed by atoms with Gasteiger partial charge in [0.2, 0.25) is 5.91 Å². The highest BCUT2D eigenvalue weighted by Crippen LogP contribution is 2.17. The maximum Gasteiger partial charge on any atom is 0.312 e. The predicted octanol–water partition coefficient (Wildman–Crippen LogP) is 1.62. The molecule has 0 aliphatic carbocycles. The number of amides is 3. The summed E-state index contributed by atoms with van der Waals surface area (Å²) in [6.45, 7) is 0.511. The monoisotopic (exact) mass is 334 g/mol. The van der Waals surface area contributed by atoms with Crippen molar-refractivity contribution in [2.75, 3.05) is 18.6 Å². The minimum Gasteiger partial charge on any atom is -0.361 e. The van der Waals surface area contributed by atoms with E-state index in [1.807, 2.05) is 30.7 Å². The molecule has 1 unspecified atom stereocenters. The summed E-state index contributed by atoms with van der Waals surface area (Å²) >= 11 is 1.62. The van der Waals surface area contributed by atoms with Crippen molar-refractivity contribution in [3.63, 3.8) is 0 Å². The molecule has 2 rings (SSSR count). The van der Waals surface area contributed by atoms with Gasteiger partial charge in [-0.2, -0.15) is 11.8 Å². The molecule has 5 N–H and O–H groups in total. The van der Waals surface area contributed by atoms with E-state index >= 15 is 0 Å². The lowest BCUT2D eigenvalue weighted by Crippen LogP contribution is -2.49. The summed E-state index contributed by atoms with van der Waals surface area (Å²) in [4.78, 5) is 26.4. The van der Waals surface area contributed by atoms with Crippen LogP contribution in [0.25, 0.3) is 10.9 Å². The van der Waals surface area contributed by atoms with Gasteiger partial charge in [0, 0.05) is 23.6 Å². The number of para-hydroxylation sites is 1. The van der Waals surface area contributed by atoms with E-state index in [-0.39, 0.29) is 5.91 Å². The number of primary amides is 1. The first kappa shape index (κ1) is 17.2. The van der Waals surface area contributed by atoms with Crippen molar-refractivity contribution in [2.24, 2.45) is 5.73 Å². The topological polar surface area (TPSA) is 100 Å². The smallest absolute Gasteiger partial charge is 0.312 e. The molecule has 2 aromatic rings. The minimum absolute atomic E-state index is 0.197. The standard InChI is InChI=1S/C16H22N4O2S/c1-23-9-7-14(20-16(17)22)15(21)18-8-6-11-10-19-13-5-3-2-4-12(11)13/h2-5,10,14,19H,6-9H2,1H3,(H,18,21)(H3,17,20,22). The van der Waals surface area contributed by atoms with Gasteiger partial charge in [-0.25, -0.2) is 4.79 Å². The molecule has 6 nitrogen and oxygen atoms in total. The molecule has 0 bridgehead atoms. The van der Waals surface area contributed by atoms with E-state index in [1.165, 1.54) is 0 Å². The molecule has 0 aliphatic rings. The number of carbonyl (C=O) groups is 2. The molecule has 0 spiro atoms. The lowest BCUT2D eigenvalue weighted by Gasteiger charge is -2.16. The Labute approximate surface area is 139 Å². The number of H-pyrrole nitrogens is 1. The van der Waals surface area contributed by atoms with Crippen LogP contribution >= 0.6 is 11.8 Å². The molecule has 1 aromatic carbocycles. The average Bonchev–Trinajstić information content (AvgIpc) is 2.94. The Balaban J connectivity index is 1.88.